The van der Waals surface area contributed by atoms with Crippen LogP contribution in [-0.4, -0.2) is 63.5 Å². The van der Waals surface area contributed by atoms with Gasteiger partial charge in [0.1, 0.15) is 5.78 Å². The fraction of sp³-hybridized carbons (Fsp3) is 0.789. The third kappa shape index (κ3) is 8.66. The predicted molar refractivity (Wildman–Crippen MR) is 102 cm³/mol. The maximum Gasteiger partial charge on any atom is 0.327 e. The lowest BCUT2D eigenvalue weighted by atomic mass is 9.98. The number of aliphatic hydroxyl groups excluding tert-OH is 1. The van der Waals surface area contributed by atoms with Crippen molar-refractivity contribution in [3.8, 4) is 0 Å². The Labute approximate surface area is 160 Å². The van der Waals surface area contributed by atoms with Gasteiger partial charge in [0.25, 0.3) is 0 Å². The van der Waals surface area contributed by atoms with Gasteiger partial charge in [-0.25, -0.2) is 4.79 Å². The molecule has 1 fully saturated rings. The van der Waals surface area contributed by atoms with E-state index in [2.05, 4.69) is 0 Å². The summed E-state index contributed by atoms with van der Waals surface area (Å²) in [5, 5.41) is 29.1. The third-order valence-electron chi connectivity index (χ3n) is 4.65. The number of hydrogen-bond donors (Lipinski definition) is 3. The number of unbranched alkanes of at least 4 members (excludes halogenated alkanes) is 2. The van der Waals surface area contributed by atoms with E-state index in [1.165, 1.54) is 11.8 Å². The number of rotatable bonds is 13. The zero-order valence-corrected chi connectivity index (χ0v) is 16.5. The first-order chi connectivity index (χ1) is 12.3. The fourth-order valence-electron chi connectivity index (χ4n) is 3.23. The molecule has 0 aliphatic heterocycles. The van der Waals surface area contributed by atoms with Crippen molar-refractivity contribution in [1.82, 2.24) is 0 Å². The molecule has 0 spiro atoms. The number of hydrogen-bond acceptors (Lipinski definition) is 6. The predicted octanol–water partition coefficient (Wildman–Crippen LogP) is 2.42. The van der Waals surface area contributed by atoms with Gasteiger partial charge in [0.2, 0.25) is 0 Å². The molecular formula is C19H32O6S. The molecule has 1 aliphatic carbocycles. The minimum absolute atomic E-state index is 0.0927. The van der Waals surface area contributed by atoms with E-state index in [9.17, 15) is 19.8 Å². The van der Waals surface area contributed by atoms with Gasteiger partial charge in [-0.15, -0.1) is 0 Å². The standard InChI is InChI=1S/C19H32O6S/c1-19(24,10-7-11-25-2)13-26-18-14(15(20)12-16(18)21)8-5-3-4-6-9-17(22)23/h6,9,14,16,18,21,24H,3-5,7-8,10-13H2,1-2H3,(H,22,23)/t14-,16?,18+,19?/m0/s1. The minimum Gasteiger partial charge on any atom is -0.478 e. The molecule has 1 rings (SSSR count). The zero-order valence-electron chi connectivity index (χ0n) is 15.7. The Hall–Kier alpha value is -0.890. The lowest BCUT2D eigenvalue weighted by molar-refractivity contribution is -0.131. The van der Waals surface area contributed by atoms with Gasteiger partial charge in [-0.1, -0.05) is 12.5 Å². The topological polar surface area (TPSA) is 104 Å². The molecule has 0 aromatic carbocycles. The van der Waals surface area contributed by atoms with Crippen LogP contribution in [0.4, 0.5) is 0 Å². The average Bonchev–Trinajstić information content (AvgIpc) is 2.82. The molecule has 150 valence electrons. The molecule has 1 saturated carbocycles. The first-order valence-corrected chi connectivity index (χ1v) is 10.2. The average molecular weight is 389 g/mol. The number of aliphatic hydroxyl groups is 2. The van der Waals surface area contributed by atoms with Gasteiger partial charge < -0.3 is 20.1 Å². The van der Waals surface area contributed by atoms with E-state index in [-0.39, 0.29) is 23.4 Å². The van der Waals surface area contributed by atoms with E-state index in [1.54, 1.807) is 20.1 Å². The molecule has 0 bridgehead atoms. The molecule has 7 heteroatoms. The van der Waals surface area contributed by atoms with E-state index in [1.807, 2.05) is 0 Å². The van der Waals surface area contributed by atoms with Crippen molar-refractivity contribution >= 4 is 23.5 Å². The summed E-state index contributed by atoms with van der Waals surface area (Å²) in [6, 6.07) is 0. The van der Waals surface area contributed by atoms with E-state index in [4.69, 9.17) is 9.84 Å². The SMILES string of the molecule is COCCCC(C)(O)CS[C@H]1C(O)CC(=O)[C@@H]1CCCCC=CC(=O)O. The number of aliphatic carboxylic acids is 1. The van der Waals surface area contributed by atoms with Crippen molar-refractivity contribution in [3.05, 3.63) is 12.2 Å². The van der Waals surface area contributed by atoms with Crippen LogP contribution < -0.4 is 0 Å². The van der Waals surface area contributed by atoms with Crippen molar-refractivity contribution in [3.63, 3.8) is 0 Å². The van der Waals surface area contributed by atoms with Crippen LogP contribution in [-0.2, 0) is 14.3 Å². The highest BCUT2D eigenvalue weighted by Crippen LogP contribution is 2.38. The Morgan fingerprint density at radius 2 is 2.12 bits per heavy atom. The van der Waals surface area contributed by atoms with Gasteiger partial charge in [0.15, 0.2) is 0 Å². The van der Waals surface area contributed by atoms with Crippen LogP contribution in [0.2, 0.25) is 0 Å². The molecular weight excluding hydrogens is 356 g/mol. The maximum atomic E-state index is 12.2. The van der Waals surface area contributed by atoms with Crippen LogP contribution in [0.1, 0.15) is 51.9 Å². The molecule has 0 aromatic rings. The van der Waals surface area contributed by atoms with Gasteiger partial charge >= 0.3 is 5.97 Å². The monoisotopic (exact) mass is 388 g/mol. The summed E-state index contributed by atoms with van der Waals surface area (Å²) < 4.78 is 5.01. The number of methoxy groups -OCH3 is 1. The van der Waals surface area contributed by atoms with Crippen molar-refractivity contribution in [2.45, 2.75) is 68.8 Å². The molecule has 1 aliphatic rings. The largest absolute Gasteiger partial charge is 0.478 e. The van der Waals surface area contributed by atoms with Crippen LogP contribution in [0.25, 0.3) is 0 Å². The number of Topliss-reactive ketones (excluding diaryl/α,β-unsaturated/α-hetero) is 1. The number of ether oxygens (including phenoxy) is 1. The highest BCUT2D eigenvalue weighted by Gasteiger charge is 2.42. The summed E-state index contributed by atoms with van der Waals surface area (Å²) in [5.41, 5.74) is -0.846. The normalized spacial score (nSPS) is 25.7. The van der Waals surface area contributed by atoms with E-state index in [0.717, 1.165) is 25.3 Å². The third-order valence-corrected chi connectivity index (χ3v) is 6.46. The van der Waals surface area contributed by atoms with E-state index in [0.29, 0.717) is 31.6 Å². The second-order valence-corrected chi connectivity index (χ2v) is 8.40. The zero-order chi connectivity index (χ0) is 19.6. The van der Waals surface area contributed by atoms with Gasteiger partial charge in [-0.05, 0) is 39.0 Å². The van der Waals surface area contributed by atoms with Crippen LogP contribution in [0.3, 0.4) is 0 Å². The molecule has 0 amide bonds. The van der Waals surface area contributed by atoms with Gasteiger partial charge in [-0.3, -0.25) is 4.79 Å². The first kappa shape index (κ1) is 23.1. The van der Waals surface area contributed by atoms with Crippen molar-refractivity contribution in [2.75, 3.05) is 19.5 Å². The Kier molecular flexibility index (Phi) is 10.5. The molecule has 3 N–H and O–H groups in total. The summed E-state index contributed by atoms with van der Waals surface area (Å²) >= 11 is 1.49. The number of thioether (sulfide) groups is 1. The highest BCUT2D eigenvalue weighted by molar-refractivity contribution is 8.00. The number of carbonyl (C=O) groups excluding carboxylic acids is 1. The Morgan fingerprint density at radius 3 is 2.77 bits per heavy atom. The number of allylic oxidation sites excluding steroid dienone is 1. The molecule has 0 aromatic heterocycles. The molecule has 2 unspecified atom stereocenters. The number of carboxylic acid groups (broad SMARTS) is 1. The summed E-state index contributed by atoms with van der Waals surface area (Å²) in [4.78, 5) is 22.6. The Morgan fingerprint density at radius 1 is 1.38 bits per heavy atom. The smallest absolute Gasteiger partial charge is 0.327 e. The molecule has 4 atom stereocenters. The van der Waals surface area contributed by atoms with Gasteiger partial charge in [0.05, 0.1) is 11.7 Å². The fourth-order valence-corrected chi connectivity index (χ4v) is 4.77. The van der Waals surface area contributed by atoms with Crippen LogP contribution in [0, 0.1) is 5.92 Å². The summed E-state index contributed by atoms with van der Waals surface area (Å²) in [5.74, 6) is -0.569. The maximum absolute atomic E-state index is 12.2. The Bertz CT molecular complexity index is 477. The number of carboxylic acids is 1. The second kappa shape index (κ2) is 11.7. The Balaban J connectivity index is 2.43. The molecule has 0 saturated heterocycles. The molecule has 0 radical (unpaired) electrons. The number of carbonyl (C=O) groups is 2. The molecule has 0 heterocycles. The lowest BCUT2D eigenvalue weighted by Gasteiger charge is -2.27. The molecule has 26 heavy (non-hydrogen) atoms. The van der Waals surface area contributed by atoms with Crippen LogP contribution in [0.5, 0.6) is 0 Å². The van der Waals surface area contributed by atoms with E-state index < -0.39 is 17.7 Å². The van der Waals surface area contributed by atoms with Crippen LogP contribution in [0.15, 0.2) is 12.2 Å². The molecule has 6 nitrogen and oxygen atoms in total. The van der Waals surface area contributed by atoms with Crippen molar-refractivity contribution in [2.24, 2.45) is 5.92 Å². The van der Waals surface area contributed by atoms with Crippen molar-refractivity contribution in [1.29, 1.82) is 0 Å². The minimum atomic E-state index is -0.951. The number of ketones is 1. The summed E-state index contributed by atoms with van der Waals surface area (Å²) in [7, 11) is 1.63. The summed E-state index contributed by atoms with van der Waals surface area (Å²) in [6.07, 6.45) is 6.67. The lowest BCUT2D eigenvalue weighted by Crippen LogP contribution is -2.32. The van der Waals surface area contributed by atoms with Crippen molar-refractivity contribution < 1.29 is 29.6 Å². The quantitative estimate of drug-likeness (QED) is 0.329. The van der Waals surface area contributed by atoms with Gasteiger partial charge in [0, 0.05) is 43.1 Å². The highest BCUT2D eigenvalue weighted by atomic mass is 32.2. The first-order valence-electron chi connectivity index (χ1n) is 9.20. The van der Waals surface area contributed by atoms with E-state index >= 15 is 0 Å². The summed E-state index contributed by atoms with van der Waals surface area (Å²) in [6.45, 7) is 2.38. The second-order valence-electron chi connectivity index (χ2n) is 7.24. The van der Waals surface area contributed by atoms with Gasteiger partial charge in [-0.2, -0.15) is 11.8 Å². The van der Waals surface area contributed by atoms with Crippen LogP contribution >= 0.6 is 11.8 Å².